The first-order chi connectivity index (χ1) is 10.2. The van der Waals surface area contributed by atoms with E-state index >= 15 is 0 Å². The first-order valence-electron chi connectivity index (χ1n) is 6.29. The normalized spacial score (nSPS) is 10.6. The van der Waals surface area contributed by atoms with Gasteiger partial charge in [-0.2, -0.15) is 4.98 Å². The van der Waals surface area contributed by atoms with E-state index in [2.05, 4.69) is 15.5 Å². The molecule has 1 aromatic heterocycles. The van der Waals surface area contributed by atoms with Crippen molar-refractivity contribution in [3.63, 3.8) is 0 Å². The lowest BCUT2D eigenvalue weighted by Gasteiger charge is -2.03. The average molecular weight is 285 g/mol. The zero-order valence-electron chi connectivity index (χ0n) is 11.2. The van der Waals surface area contributed by atoms with Crippen molar-refractivity contribution < 1.29 is 14.0 Å². The van der Waals surface area contributed by atoms with Gasteiger partial charge in [-0.15, -0.1) is 0 Å². The molecule has 106 valence electrons. The number of aromatic nitrogens is 2. The molecule has 21 heavy (non-hydrogen) atoms. The molecule has 3 aromatic rings. The van der Waals surface area contributed by atoms with Gasteiger partial charge >= 0.3 is 0 Å². The monoisotopic (exact) mass is 285 g/mol. The van der Waals surface area contributed by atoms with Crippen LogP contribution in [-0.4, -0.2) is 22.3 Å². The van der Waals surface area contributed by atoms with Crippen LogP contribution < -0.4 is 5.32 Å². The third kappa shape index (κ3) is 2.43. The van der Waals surface area contributed by atoms with Crippen LogP contribution in [0.15, 0.2) is 47.0 Å². The Morgan fingerprint density at radius 2 is 2.00 bits per heavy atom. The van der Waals surface area contributed by atoms with Gasteiger partial charge in [0.15, 0.2) is 11.6 Å². The van der Waals surface area contributed by atoms with Gasteiger partial charge in [0.1, 0.15) is 0 Å². The van der Waals surface area contributed by atoms with Crippen molar-refractivity contribution in [2.24, 2.45) is 0 Å². The molecular formula is C15H12FN3O2. The van der Waals surface area contributed by atoms with E-state index in [4.69, 9.17) is 4.52 Å². The molecule has 2 N–H and O–H groups in total. The Bertz CT molecular complexity index is 786. The number of para-hydroxylation sites is 1. The molecular weight excluding hydrogens is 273 g/mol. The highest BCUT2D eigenvalue weighted by Gasteiger charge is 2.14. The van der Waals surface area contributed by atoms with Crippen LogP contribution in [0.3, 0.4) is 0 Å². The van der Waals surface area contributed by atoms with Crippen LogP contribution in [0.1, 0.15) is 0 Å². The molecule has 0 bridgehead atoms. The fourth-order valence-electron chi connectivity index (χ4n) is 1.98. The van der Waals surface area contributed by atoms with Crippen molar-refractivity contribution in [1.29, 1.82) is 0 Å². The van der Waals surface area contributed by atoms with Gasteiger partial charge in [0.05, 0.1) is 5.56 Å². The number of phenolic OH excluding ortho intramolecular Hbond substituents is 1. The molecule has 0 aliphatic carbocycles. The van der Waals surface area contributed by atoms with Crippen molar-refractivity contribution in [3.8, 4) is 28.6 Å². The second-order valence-corrected chi connectivity index (χ2v) is 4.38. The number of hydrogen-bond donors (Lipinski definition) is 2. The Labute approximate surface area is 120 Å². The number of nitrogens with one attached hydrogen (secondary N) is 1. The average Bonchev–Trinajstić information content (AvgIpc) is 2.99. The Hall–Kier alpha value is -2.89. The number of anilines is 1. The quantitative estimate of drug-likeness (QED) is 0.772. The van der Waals surface area contributed by atoms with Gasteiger partial charge in [-0.1, -0.05) is 17.3 Å². The molecule has 0 fully saturated rings. The fraction of sp³-hybridized carbons (Fsp3) is 0.0667. The smallest absolute Gasteiger partial charge is 0.260 e. The maximum absolute atomic E-state index is 13.4. The summed E-state index contributed by atoms with van der Waals surface area (Å²) in [5.74, 6) is -0.546. The summed E-state index contributed by atoms with van der Waals surface area (Å²) in [6, 6.07) is 11.4. The third-order valence-corrected chi connectivity index (χ3v) is 3.06. The molecule has 0 saturated carbocycles. The first kappa shape index (κ1) is 13.1. The van der Waals surface area contributed by atoms with E-state index in [1.54, 1.807) is 7.05 Å². The standard InChI is InChI=1S/C15H12FN3O2/c1-17-12-5-3-2-4-10(12)15-18-14(19-21-15)9-6-7-13(20)11(16)8-9/h2-8,17,20H,1H3. The lowest BCUT2D eigenvalue weighted by atomic mass is 10.1. The number of nitrogens with zero attached hydrogens (tertiary/aromatic N) is 2. The number of aromatic hydroxyl groups is 1. The van der Waals surface area contributed by atoms with E-state index in [9.17, 15) is 9.50 Å². The Morgan fingerprint density at radius 1 is 1.19 bits per heavy atom. The highest BCUT2D eigenvalue weighted by molar-refractivity contribution is 5.73. The van der Waals surface area contributed by atoms with Crippen LogP contribution in [-0.2, 0) is 0 Å². The van der Waals surface area contributed by atoms with Gasteiger partial charge in [0.2, 0.25) is 5.82 Å². The van der Waals surface area contributed by atoms with Gasteiger partial charge in [-0.05, 0) is 30.3 Å². The van der Waals surface area contributed by atoms with Gasteiger partial charge in [0, 0.05) is 18.3 Å². The molecule has 2 aromatic carbocycles. The molecule has 0 spiro atoms. The van der Waals surface area contributed by atoms with Crippen molar-refractivity contribution in [1.82, 2.24) is 10.1 Å². The van der Waals surface area contributed by atoms with Crippen molar-refractivity contribution in [2.75, 3.05) is 12.4 Å². The number of halogens is 1. The van der Waals surface area contributed by atoms with Crippen LogP contribution in [0.2, 0.25) is 0 Å². The molecule has 0 aliphatic rings. The molecule has 0 radical (unpaired) electrons. The molecule has 1 heterocycles. The van der Waals surface area contributed by atoms with Crippen LogP contribution in [0, 0.1) is 5.82 Å². The first-order valence-corrected chi connectivity index (χ1v) is 6.29. The molecule has 0 amide bonds. The van der Waals surface area contributed by atoms with Crippen molar-refractivity contribution >= 4 is 5.69 Å². The topological polar surface area (TPSA) is 71.2 Å². The number of rotatable bonds is 3. The van der Waals surface area contributed by atoms with Gasteiger partial charge in [-0.3, -0.25) is 0 Å². The van der Waals surface area contributed by atoms with E-state index in [-0.39, 0.29) is 5.82 Å². The van der Waals surface area contributed by atoms with Crippen LogP contribution in [0.25, 0.3) is 22.8 Å². The fourth-order valence-corrected chi connectivity index (χ4v) is 1.98. The van der Waals surface area contributed by atoms with Gasteiger partial charge in [-0.25, -0.2) is 4.39 Å². The molecule has 6 heteroatoms. The largest absolute Gasteiger partial charge is 0.505 e. The maximum atomic E-state index is 13.4. The Morgan fingerprint density at radius 3 is 2.76 bits per heavy atom. The molecule has 0 saturated heterocycles. The summed E-state index contributed by atoms with van der Waals surface area (Å²) >= 11 is 0. The summed E-state index contributed by atoms with van der Waals surface area (Å²) in [6.45, 7) is 0. The highest BCUT2D eigenvalue weighted by atomic mass is 19.1. The van der Waals surface area contributed by atoms with E-state index in [0.717, 1.165) is 17.3 Å². The second-order valence-electron chi connectivity index (χ2n) is 4.38. The molecule has 5 nitrogen and oxygen atoms in total. The number of phenols is 1. The molecule has 0 unspecified atom stereocenters. The summed E-state index contributed by atoms with van der Waals surface area (Å²) in [4.78, 5) is 4.26. The lowest BCUT2D eigenvalue weighted by Crippen LogP contribution is -1.91. The summed E-state index contributed by atoms with van der Waals surface area (Å²) < 4.78 is 18.6. The minimum Gasteiger partial charge on any atom is -0.505 e. The highest BCUT2D eigenvalue weighted by Crippen LogP contribution is 2.29. The van der Waals surface area contributed by atoms with Crippen LogP contribution in [0.5, 0.6) is 5.75 Å². The van der Waals surface area contributed by atoms with Crippen LogP contribution >= 0.6 is 0 Å². The molecule has 0 atom stereocenters. The Balaban J connectivity index is 2.01. The Kier molecular flexibility index (Phi) is 3.27. The lowest BCUT2D eigenvalue weighted by molar-refractivity contribution is 0.430. The number of hydrogen-bond acceptors (Lipinski definition) is 5. The van der Waals surface area contributed by atoms with Gasteiger partial charge in [0.25, 0.3) is 5.89 Å². The third-order valence-electron chi connectivity index (χ3n) is 3.06. The van der Waals surface area contributed by atoms with Crippen LogP contribution in [0.4, 0.5) is 10.1 Å². The molecule has 0 aliphatic heterocycles. The number of benzene rings is 2. The van der Waals surface area contributed by atoms with Gasteiger partial charge < -0.3 is 14.9 Å². The van der Waals surface area contributed by atoms with E-state index < -0.39 is 11.6 Å². The van der Waals surface area contributed by atoms with E-state index in [1.807, 2.05) is 24.3 Å². The summed E-state index contributed by atoms with van der Waals surface area (Å²) in [5.41, 5.74) is 2.05. The van der Waals surface area contributed by atoms with Crippen molar-refractivity contribution in [3.05, 3.63) is 48.3 Å². The maximum Gasteiger partial charge on any atom is 0.260 e. The summed E-state index contributed by atoms with van der Waals surface area (Å²) in [7, 11) is 1.80. The predicted octanol–water partition coefficient (Wildman–Crippen LogP) is 3.29. The summed E-state index contributed by atoms with van der Waals surface area (Å²) in [6.07, 6.45) is 0. The zero-order valence-corrected chi connectivity index (χ0v) is 11.2. The van der Waals surface area contributed by atoms with Crippen molar-refractivity contribution in [2.45, 2.75) is 0 Å². The minimum atomic E-state index is -0.727. The molecule has 3 rings (SSSR count). The SMILES string of the molecule is CNc1ccccc1-c1nc(-c2ccc(O)c(F)c2)no1. The summed E-state index contributed by atoms with van der Waals surface area (Å²) in [5, 5.41) is 16.1. The zero-order chi connectivity index (χ0) is 14.8. The minimum absolute atomic E-state index is 0.259. The predicted molar refractivity (Wildman–Crippen MR) is 76.3 cm³/mol. The van der Waals surface area contributed by atoms with E-state index in [1.165, 1.54) is 12.1 Å². The second kappa shape index (κ2) is 5.24. The van der Waals surface area contributed by atoms with E-state index in [0.29, 0.717) is 11.5 Å².